The van der Waals surface area contributed by atoms with E-state index in [-0.39, 0.29) is 5.91 Å². The molecule has 128 valence electrons. The third-order valence-electron chi connectivity index (χ3n) is 4.41. The van der Waals surface area contributed by atoms with Crippen molar-refractivity contribution in [1.82, 2.24) is 0 Å². The summed E-state index contributed by atoms with van der Waals surface area (Å²) in [6, 6.07) is 14.1. The summed E-state index contributed by atoms with van der Waals surface area (Å²) >= 11 is 3.92. The van der Waals surface area contributed by atoms with Crippen LogP contribution in [0.3, 0.4) is 0 Å². The van der Waals surface area contributed by atoms with Gasteiger partial charge in [-0.1, -0.05) is 30.3 Å². The number of benzene rings is 2. The van der Waals surface area contributed by atoms with Gasteiger partial charge in [0.05, 0.1) is 4.58 Å². The normalized spacial score (nSPS) is 15.0. The molecule has 2 heterocycles. The number of anilines is 1. The van der Waals surface area contributed by atoms with E-state index in [0.29, 0.717) is 10.3 Å². The van der Waals surface area contributed by atoms with Gasteiger partial charge in [0, 0.05) is 28.1 Å². The van der Waals surface area contributed by atoms with Crippen molar-refractivity contribution in [2.24, 2.45) is 0 Å². The predicted octanol–water partition coefficient (Wildman–Crippen LogP) is 5.78. The highest BCUT2D eigenvalue weighted by Gasteiger charge is 2.21. The molecule has 0 saturated carbocycles. The molecule has 25 heavy (non-hydrogen) atoms. The van der Waals surface area contributed by atoms with Gasteiger partial charge in [-0.15, -0.1) is 23.5 Å². The minimum atomic E-state index is -0.197. The lowest BCUT2D eigenvalue weighted by Crippen LogP contribution is -2.12. The Bertz CT molecular complexity index is 942. The summed E-state index contributed by atoms with van der Waals surface area (Å²) in [6.45, 7) is 3.93. The maximum absolute atomic E-state index is 12.7. The lowest BCUT2D eigenvalue weighted by Gasteiger charge is -2.10. The van der Waals surface area contributed by atoms with E-state index in [1.165, 1.54) is 17.1 Å². The maximum atomic E-state index is 12.7. The third-order valence-corrected chi connectivity index (χ3v) is 7.51. The number of para-hydroxylation sites is 1. The van der Waals surface area contributed by atoms with Gasteiger partial charge in [0.25, 0.3) is 5.91 Å². The zero-order valence-corrected chi connectivity index (χ0v) is 15.8. The van der Waals surface area contributed by atoms with Crippen molar-refractivity contribution < 1.29 is 9.21 Å². The lowest BCUT2D eigenvalue weighted by molar-refractivity contribution is 0.0998. The van der Waals surface area contributed by atoms with Gasteiger partial charge < -0.3 is 9.73 Å². The monoisotopic (exact) mass is 369 g/mol. The minimum absolute atomic E-state index is 0.197. The highest BCUT2D eigenvalue weighted by atomic mass is 32.2. The van der Waals surface area contributed by atoms with E-state index in [1.54, 1.807) is 0 Å². The second-order valence-corrected chi connectivity index (χ2v) is 8.89. The summed E-state index contributed by atoms with van der Waals surface area (Å²) in [6.07, 6.45) is 0. The third kappa shape index (κ3) is 3.18. The fraction of sp³-hybridized carbons (Fsp3) is 0.250. The molecule has 0 radical (unpaired) electrons. The van der Waals surface area contributed by atoms with E-state index >= 15 is 0 Å². The predicted molar refractivity (Wildman–Crippen MR) is 108 cm³/mol. The van der Waals surface area contributed by atoms with Crippen molar-refractivity contribution in [3.8, 4) is 0 Å². The van der Waals surface area contributed by atoms with E-state index in [4.69, 9.17) is 4.42 Å². The van der Waals surface area contributed by atoms with Gasteiger partial charge in [0.2, 0.25) is 0 Å². The Hall–Kier alpha value is -1.85. The van der Waals surface area contributed by atoms with Crippen LogP contribution >= 0.6 is 23.5 Å². The van der Waals surface area contributed by atoms with Crippen LogP contribution in [-0.4, -0.2) is 17.4 Å². The number of hydrogen-bond acceptors (Lipinski definition) is 4. The molecule has 0 unspecified atom stereocenters. The lowest BCUT2D eigenvalue weighted by atomic mass is 10.1. The van der Waals surface area contributed by atoms with E-state index in [9.17, 15) is 4.79 Å². The van der Waals surface area contributed by atoms with Crippen LogP contribution in [0.2, 0.25) is 0 Å². The number of nitrogens with one attached hydrogen (secondary N) is 1. The summed E-state index contributed by atoms with van der Waals surface area (Å²) in [5.41, 5.74) is 4.78. The van der Waals surface area contributed by atoms with Crippen molar-refractivity contribution in [3.63, 3.8) is 0 Å². The molecule has 1 fully saturated rings. The maximum Gasteiger partial charge on any atom is 0.291 e. The van der Waals surface area contributed by atoms with Gasteiger partial charge in [0.1, 0.15) is 5.58 Å². The average molecular weight is 370 g/mol. The number of amides is 1. The number of carbonyl (C=O) groups is 1. The second-order valence-electron chi connectivity index (χ2n) is 6.16. The van der Waals surface area contributed by atoms with Crippen LogP contribution < -0.4 is 5.32 Å². The molecule has 1 saturated heterocycles. The van der Waals surface area contributed by atoms with Crippen LogP contribution in [0.1, 0.15) is 31.8 Å². The van der Waals surface area contributed by atoms with Gasteiger partial charge in [-0.25, -0.2) is 0 Å². The summed E-state index contributed by atoms with van der Waals surface area (Å²) in [5, 5.41) is 3.99. The molecule has 0 atom stereocenters. The van der Waals surface area contributed by atoms with Crippen molar-refractivity contribution in [2.75, 3.05) is 16.8 Å². The van der Waals surface area contributed by atoms with Gasteiger partial charge in [-0.2, -0.15) is 0 Å². The molecule has 0 aliphatic carbocycles. The Morgan fingerprint density at radius 3 is 2.64 bits per heavy atom. The van der Waals surface area contributed by atoms with Crippen LogP contribution in [0.4, 0.5) is 5.69 Å². The SMILES string of the molecule is Cc1c(C(=O)Nc2cccc(C3SCCS3)c2)oc2c(C)cccc12. The molecule has 1 amide bonds. The number of furan rings is 1. The van der Waals surface area contributed by atoms with Crippen molar-refractivity contribution >= 4 is 46.1 Å². The van der Waals surface area contributed by atoms with E-state index in [1.807, 2.05) is 67.7 Å². The number of rotatable bonds is 3. The number of thioether (sulfide) groups is 2. The largest absolute Gasteiger partial charge is 0.450 e. The van der Waals surface area contributed by atoms with E-state index < -0.39 is 0 Å². The molecule has 1 aliphatic heterocycles. The van der Waals surface area contributed by atoms with Crippen LogP contribution in [0.25, 0.3) is 11.0 Å². The average Bonchev–Trinajstić information content (AvgIpc) is 3.25. The standard InChI is InChI=1S/C20H19NO2S2/c1-12-5-3-8-16-13(2)18(23-17(12)16)19(22)21-15-7-4-6-14(11-15)20-24-9-10-25-20/h3-8,11,20H,9-10H2,1-2H3,(H,21,22). The molecule has 1 N–H and O–H groups in total. The van der Waals surface area contributed by atoms with Crippen LogP contribution in [0.5, 0.6) is 0 Å². The number of aryl methyl sites for hydroxylation is 2. The summed E-state index contributed by atoms with van der Waals surface area (Å²) in [4.78, 5) is 12.7. The summed E-state index contributed by atoms with van der Waals surface area (Å²) in [7, 11) is 0. The first kappa shape index (κ1) is 16.6. The van der Waals surface area contributed by atoms with Crippen LogP contribution in [0.15, 0.2) is 46.9 Å². The minimum Gasteiger partial charge on any atom is -0.450 e. The molecule has 3 nitrogen and oxygen atoms in total. The van der Waals surface area contributed by atoms with Crippen LogP contribution in [0, 0.1) is 13.8 Å². The smallest absolute Gasteiger partial charge is 0.291 e. The second kappa shape index (κ2) is 6.81. The van der Waals surface area contributed by atoms with Crippen molar-refractivity contribution in [2.45, 2.75) is 18.4 Å². The Kier molecular flexibility index (Phi) is 4.52. The Morgan fingerprint density at radius 2 is 1.88 bits per heavy atom. The van der Waals surface area contributed by atoms with Crippen molar-refractivity contribution in [1.29, 1.82) is 0 Å². The summed E-state index contributed by atoms with van der Waals surface area (Å²) < 4.78 is 6.34. The van der Waals surface area contributed by atoms with E-state index in [2.05, 4.69) is 17.4 Å². The van der Waals surface area contributed by atoms with Gasteiger partial charge >= 0.3 is 0 Å². The molecular formula is C20H19NO2S2. The quantitative estimate of drug-likeness (QED) is 0.635. The summed E-state index contributed by atoms with van der Waals surface area (Å²) in [5.74, 6) is 2.56. The first-order valence-corrected chi connectivity index (χ1v) is 10.4. The molecule has 0 bridgehead atoms. The van der Waals surface area contributed by atoms with Gasteiger partial charge in [-0.3, -0.25) is 4.79 Å². The molecular weight excluding hydrogens is 350 g/mol. The fourth-order valence-corrected chi connectivity index (χ4v) is 5.94. The van der Waals surface area contributed by atoms with Gasteiger partial charge in [-0.05, 0) is 37.1 Å². The fourth-order valence-electron chi connectivity index (χ4n) is 3.10. The molecule has 3 aromatic rings. The number of hydrogen-bond donors (Lipinski definition) is 1. The number of fused-ring (bicyclic) bond motifs is 1. The highest BCUT2D eigenvalue weighted by Crippen LogP contribution is 2.45. The Labute approximate surface area is 155 Å². The number of carbonyl (C=O) groups excluding carboxylic acids is 1. The Balaban J connectivity index is 1.61. The zero-order valence-electron chi connectivity index (χ0n) is 14.2. The van der Waals surface area contributed by atoms with Gasteiger partial charge in [0.15, 0.2) is 5.76 Å². The molecule has 2 aromatic carbocycles. The molecule has 1 aliphatic rings. The molecule has 5 heteroatoms. The molecule has 1 aromatic heterocycles. The highest BCUT2D eigenvalue weighted by molar-refractivity contribution is 8.19. The zero-order chi connectivity index (χ0) is 17.4. The molecule has 4 rings (SSSR count). The van der Waals surface area contributed by atoms with E-state index in [0.717, 1.165) is 27.8 Å². The first-order chi connectivity index (χ1) is 12.1. The Morgan fingerprint density at radius 1 is 1.12 bits per heavy atom. The van der Waals surface area contributed by atoms with Crippen LogP contribution in [-0.2, 0) is 0 Å². The first-order valence-electron chi connectivity index (χ1n) is 8.27. The van der Waals surface area contributed by atoms with Crippen molar-refractivity contribution in [3.05, 3.63) is 64.9 Å². The topological polar surface area (TPSA) is 42.2 Å². The molecule has 0 spiro atoms.